The number of ether oxygens (including phenoxy) is 1. The highest BCUT2D eigenvalue weighted by Gasteiger charge is 2.15. The molecule has 24 heavy (non-hydrogen) atoms. The molecular formula is C17H31N3O4. The molecule has 0 heterocycles. The maximum atomic E-state index is 11.6. The lowest BCUT2D eigenvalue weighted by atomic mass is 10.2. The molecule has 0 saturated carbocycles. The summed E-state index contributed by atoms with van der Waals surface area (Å²) in [7, 11) is 0. The van der Waals surface area contributed by atoms with Crippen LogP contribution in [0, 0.1) is 5.92 Å². The Labute approximate surface area is 144 Å². The Morgan fingerprint density at radius 3 is 2.21 bits per heavy atom. The van der Waals surface area contributed by atoms with E-state index in [-0.39, 0.29) is 24.8 Å². The molecule has 0 atom stereocenters. The minimum Gasteiger partial charge on any atom is -0.444 e. The molecule has 0 rings (SSSR count). The van der Waals surface area contributed by atoms with E-state index in [1.165, 1.54) is 6.08 Å². The van der Waals surface area contributed by atoms with Gasteiger partial charge in [-0.1, -0.05) is 19.9 Å². The lowest BCUT2D eigenvalue weighted by Gasteiger charge is -2.19. The van der Waals surface area contributed by atoms with E-state index in [9.17, 15) is 14.4 Å². The standard InChI is InChI=1S/C17H31N3O4/c1-13(2)7-8-14(21)18-10-6-11-19-15(22)9-12-20-16(23)24-17(3,4)5/h7-8,13H,6,9-12H2,1-5H3,(H,18,21)(H,19,22)(H,20,23)/b8-7+. The van der Waals surface area contributed by atoms with Gasteiger partial charge in [0, 0.05) is 26.1 Å². The Hall–Kier alpha value is -2.05. The summed E-state index contributed by atoms with van der Waals surface area (Å²) in [5, 5.41) is 7.99. The number of hydrogen-bond donors (Lipinski definition) is 3. The van der Waals surface area contributed by atoms with Crippen molar-refractivity contribution in [3.8, 4) is 0 Å². The van der Waals surface area contributed by atoms with Gasteiger partial charge in [-0.2, -0.15) is 0 Å². The molecule has 7 heteroatoms. The smallest absolute Gasteiger partial charge is 0.407 e. The summed E-state index contributed by atoms with van der Waals surface area (Å²) >= 11 is 0. The van der Waals surface area contributed by atoms with E-state index in [2.05, 4.69) is 16.0 Å². The average Bonchev–Trinajstić information content (AvgIpc) is 2.42. The largest absolute Gasteiger partial charge is 0.444 e. The zero-order valence-corrected chi connectivity index (χ0v) is 15.4. The van der Waals surface area contributed by atoms with Gasteiger partial charge < -0.3 is 20.7 Å². The molecule has 0 spiro atoms. The molecule has 0 aromatic heterocycles. The van der Waals surface area contributed by atoms with Crippen LogP contribution in [0.1, 0.15) is 47.5 Å². The van der Waals surface area contributed by atoms with Crippen LogP contribution in [-0.2, 0) is 14.3 Å². The number of amides is 3. The third-order valence-electron chi connectivity index (χ3n) is 2.63. The van der Waals surface area contributed by atoms with Gasteiger partial charge in [0.2, 0.25) is 11.8 Å². The van der Waals surface area contributed by atoms with E-state index in [0.29, 0.717) is 25.4 Å². The molecule has 3 amide bonds. The molecular weight excluding hydrogens is 310 g/mol. The first kappa shape index (κ1) is 21.9. The molecule has 3 N–H and O–H groups in total. The summed E-state index contributed by atoms with van der Waals surface area (Å²) in [4.78, 5) is 34.4. The molecule has 0 aliphatic heterocycles. The number of rotatable bonds is 9. The Morgan fingerprint density at radius 1 is 1.00 bits per heavy atom. The molecule has 138 valence electrons. The van der Waals surface area contributed by atoms with Crippen LogP contribution >= 0.6 is 0 Å². The maximum Gasteiger partial charge on any atom is 0.407 e. The van der Waals surface area contributed by atoms with Gasteiger partial charge in [-0.25, -0.2) is 4.79 Å². The predicted octanol–water partition coefficient (Wildman–Crippen LogP) is 1.74. The number of nitrogens with one attached hydrogen (secondary N) is 3. The van der Waals surface area contributed by atoms with Gasteiger partial charge in [-0.3, -0.25) is 9.59 Å². The van der Waals surface area contributed by atoms with Crippen molar-refractivity contribution >= 4 is 17.9 Å². The number of carbonyl (C=O) groups is 3. The van der Waals surface area contributed by atoms with Crippen LogP contribution in [0.25, 0.3) is 0 Å². The van der Waals surface area contributed by atoms with Crippen molar-refractivity contribution in [1.82, 2.24) is 16.0 Å². The second-order valence-electron chi connectivity index (χ2n) is 6.78. The molecule has 7 nitrogen and oxygen atoms in total. The second kappa shape index (κ2) is 11.5. The van der Waals surface area contributed by atoms with E-state index >= 15 is 0 Å². The van der Waals surface area contributed by atoms with Crippen LogP contribution in [0.15, 0.2) is 12.2 Å². The number of carbonyl (C=O) groups excluding carboxylic acids is 3. The number of alkyl carbamates (subject to hydrolysis) is 1. The quantitative estimate of drug-likeness (QED) is 0.439. The predicted molar refractivity (Wildman–Crippen MR) is 93.5 cm³/mol. The highest BCUT2D eigenvalue weighted by molar-refractivity contribution is 5.87. The lowest BCUT2D eigenvalue weighted by Crippen LogP contribution is -2.35. The van der Waals surface area contributed by atoms with E-state index in [1.54, 1.807) is 20.8 Å². The first-order chi connectivity index (χ1) is 11.1. The second-order valence-corrected chi connectivity index (χ2v) is 6.78. The molecule has 0 saturated heterocycles. The Kier molecular flexibility index (Phi) is 10.5. The first-order valence-electron chi connectivity index (χ1n) is 8.29. The number of allylic oxidation sites excluding steroid dienone is 1. The van der Waals surface area contributed by atoms with Crippen LogP contribution in [0.2, 0.25) is 0 Å². The van der Waals surface area contributed by atoms with Crippen molar-refractivity contribution in [3.63, 3.8) is 0 Å². The summed E-state index contributed by atoms with van der Waals surface area (Å²) in [6.07, 6.45) is 3.64. The van der Waals surface area contributed by atoms with Gasteiger partial charge in [0.25, 0.3) is 0 Å². The summed E-state index contributed by atoms with van der Waals surface area (Å²) in [5.74, 6) is 0.0537. The summed E-state index contributed by atoms with van der Waals surface area (Å²) in [6.45, 7) is 10.5. The van der Waals surface area contributed by atoms with E-state index in [4.69, 9.17) is 4.74 Å². The molecule has 0 aliphatic carbocycles. The fraction of sp³-hybridized carbons (Fsp3) is 0.706. The lowest BCUT2D eigenvalue weighted by molar-refractivity contribution is -0.120. The molecule has 0 radical (unpaired) electrons. The molecule has 0 bridgehead atoms. The fourth-order valence-electron chi connectivity index (χ4n) is 1.55. The molecule has 0 fully saturated rings. The van der Waals surface area contributed by atoms with Gasteiger partial charge in [0.15, 0.2) is 0 Å². The van der Waals surface area contributed by atoms with Crippen molar-refractivity contribution < 1.29 is 19.1 Å². The van der Waals surface area contributed by atoms with Gasteiger partial charge in [-0.15, -0.1) is 0 Å². The van der Waals surface area contributed by atoms with E-state index in [1.807, 2.05) is 19.9 Å². The van der Waals surface area contributed by atoms with Crippen molar-refractivity contribution in [3.05, 3.63) is 12.2 Å². The monoisotopic (exact) mass is 341 g/mol. The van der Waals surface area contributed by atoms with Gasteiger partial charge in [-0.05, 0) is 39.2 Å². The average molecular weight is 341 g/mol. The van der Waals surface area contributed by atoms with Crippen LogP contribution < -0.4 is 16.0 Å². The van der Waals surface area contributed by atoms with Gasteiger partial charge >= 0.3 is 6.09 Å². The first-order valence-corrected chi connectivity index (χ1v) is 8.29. The van der Waals surface area contributed by atoms with Crippen LogP contribution in [-0.4, -0.2) is 43.1 Å². The molecule has 0 aromatic carbocycles. The van der Waals surface area contributed by atoms with Crippen molar-refractivity contribution in [2.75, 3.05) is 19.6 Å². The van der Waals surface area contributed by atoms with Crippen LogP contribution in [0.4, 0.5) is 4.79 Å². The Morgan fingerprint density at radius 2 is 1.62 bits per heavy atom. The third-order valence-corrected chi connectivity index (χ3v) is 2.63. The zero-order chi connectivity index (χ0) is 18.6. The molecule has 0 unspecified atom stereocenters. The SMILES string of the molecule is CC(C)/C=C/C(=O)NCCCNC(=O)CCNC(=O)OC(C)(C)C. The minimum absolute atomic E-state index is 0.128. The number of hydrogen-bond acceptors (Lipinski definition) is 4. The molecule has 0 aromatic rings. The van der Waals surface area contributed by atoms with Crippen LogP contribution in [0.3, 0.4) is 0 Å². The topological polar surface area (TPSA) is 96.5 Å². The highest BCUT2D eigenvalue weighted by Crippen LogP contribution is 2.06. The fourth-order valence-corrected chi connectivity index (χ4v) is 1.55. The summed E-state index contributed by atoms with van der Waals surface area (Å²) < 4.78 is 5.06. The highest BCUT2D eigenvalue weighted by atomic mass is 16.6. The van der Waals surface area contributed by atoms with Crippen molar-refractivity contribution in [1.29, 1.82) is 0 Å². The molecule has 0 aliphatic rings. The summed E-state index contributed by atoms with van der Waals surface area (Å²) in [6, 6.07) is 0. The third kappa shape index (κ3) is 14.9. The summed E-state index contributed by atoms with van der Waals surface area (Å²) in [5.41, 5.74) is -0.554. The zero-order valence-electron chi connectivity index (χ0n) is 15.4. The van der Waals surface area contributed by atoms with Crippen molar-refractivity contribution in [2.24, 2.45) is 5.92 Å². The van der Waals surface area contributed by atoms with Crippen LogP contribution in [0.5, 0.6) is 0 Å². The minimum atomic E-state index is -0.554. The maximum absolute atomic E-state index is 11.6. The Balaban J connectivity index is 3.63. The Bertz CT molecular complexity index is 440. The van der Waals surface area contributed by atoms with E-state index in [0.717, 1.165) is 0 Å². The van der Waals surface area contributed by atoms with Crippen molar-refractivity contribution in [2.45, 2.75) is 53.1 Å². The van der Waals surface area contributed by atoms with Gasteiger partial charge in [0.1, 0.15) is 5.60 Å². The van der Waals surface area contributed by atoms with E-state index < -0.39 is 11.7 Å². The van der Waals surface area contributed by atoms with Gasteiger partial charge in [0.05, 0.1) is 0 Å². The normalized spacial score (nSPS) is 11.4.